The number of anilines is 1. The van der Waals surface area contributed by atoms with Crippen molar-refractivity contribution in [2.45, 2.75) is 37.8 Å². The summed E-state index contributed by atoms with van der Waals surface area (Å²) in [5, 5.41) is 15.5. The van der Waals surface area contributed by atoms with Crippen LogP contribution in [-0.2, 0) is 4.79 Å². The molecule has 0 spiro atoms. The van der Waals surface area contributed by atoms with Crippen LogP contribution >= 0.6 is 0 Å². The Balaban J connectivity index is 1.69. The lowest BCUT2D eigenvalue weighted by Crippen LogP contribution is -2.41. The Morgan fingerprint density at radius 3 is 2.50 bits per heavy atom. The highest BCUT2D eigenvalue weighted by Gasteiger charge is 2.20. The number of benzene rings is 1. The number of rotatable bonds is 4. The highest BCUT2D eigenvalue weighted by molar-refractivity contribution is 5.80. The molecule has 4 nitrogen and oxygen atoms in total. The zero-order valence-corrected chi connectivity index (χ0v) is 10.4. The fourth-order valence-corrected chi connectivity index (χ4v) is 2.24. The zero-order chi connectivity index (χ0) is 12.8. The van der Waals surface area contributed by atoms with Crippen molar-refractivity contribution in [2.24, 2.45) is 0 Å². The first-order valence-corrected chi connectivity index (χ1v) is 6.50. The quantitative estimate of drug-likeness (QED) is 0.757. The Kier molecular flexibility index (Phi) is 4.59. The Morgan fingerprint density at radius 1 is 1.17 bits per heavy atom. The number of nitrogens with one attached hydrogen (secondary N) is 2. The number of hydrogen-bond donors (Lipinski definition) is 3. The van der Waals surface area contributed by atoms with Gasteiger partial charge >= 0.3 is 0 Å². The summed E-state index contributed by atoms with van der Waals surface area (Å²) in [6, 6.07) is 9.90. The minimum Gasteiger partial charge on any atom is -0.393 e. The van der Waals surface area contributed by atoms with E-state index >= 15 is 0 Å². The molecule has 1 aliphatic carbocycles. The van der Waals surface area contributed by atoms with Crippen molar-refractivity contribution in [1.29, 1.82) is 0 Å². The Hall–Kier alpha value is -1.55. The van der Waals surface area contributed by atoms with Crippen molar-refractivity contribution >= 4 is 11.6 Å². The minimum atomic E-state index is -0.180. The SMILES string of the molecule is O=C(CNc1ccccc1)NC1CCC(O)CC1. The van der Waals surface area contributed by atoms with E-state index in [-0.39, 0.29) is 18.1 Å². The van der Waals surface area contributed by atoms with Crippen molar-refractivity contribution in [1.82, 2.24) is 5.32 Å². The Morgan fingerprint density at radius 2 is 1.83 bits per heavy atom. The molecule has 2 rings (SSSR count). The van der Waals surface area contributed by atoms with Crippen LogP contribution in [0.4, 0.5) is 5.69 Å². The summed E-state index contributed by atoms with van der Waals surface area (Å²) in [6.07, 6.45) is 3.14. The highest BCUT2D eigenvalue weighted by Crippen LogP contribution is 2.18. The van der Waals surface area contributed by atoms with E-state index in [9.17, 15) is 9.90 Å². The third-order valence-corrected chi connectivity index (χ3v) is 3.29. The lowest BCUT2D eigenvalue weighted by Gasteiger charge is -2.26. The zero-order valence-electron chi connectivity index (χ0n) is 10.4. The summed E-state index contributed by atoms with van der Waals surface area (Å²) < 4.78 is 0. The van der Waals surface area contributed by atoms with Crippen LogP contribution in [0, 0.1) is 0 Å². The number of aliphatic hydroxyl groups excluding tert-OH is 1. The van der Waals surface area contributed by atoms with Crippen molar-refractivity contribution in [3.63, 3.8) is 0 Å². The topological polar surface area (TPSA) is 61.4 Å². The first-order valence-electron chi connectivity index (χ1n) is 6.50. The molecule has 1 fully saturated rings. The van der Waals surface area contributed by atoms with Crippen LogP contribution in [0.1, 0.15) is 25.7 Å². The second kappa shape index (κ2) is 6.40. The molecule has 0 unspecified atom stereocenters. The van der Waals surface area contributed by atoms with Crippen molar-refractivity contribution in [3.8, 4) is 0 Å². The van der Waals surface area contributed by atoms with Crippen LogP contribution in [0.3, 0.4) is 0 Å². The maximum Gasteiger partial charge on any atom is 0.239 e. The molecule has 1 aliphatic rings. The van der Waals surface area contributed by atoms with Crippen LogP contribution in [0.2, 0.25) is 0 Å². The van der Waals surface area contributed by atoms with Gasteiger partial charge in [-0.25, -0.2) is 0 Å². The highest BCUT2D eigenvalue weighted by atomic mass is 16.3. The maximum absolute atomic E-state index is 11.7. The van der Waals surface area contributed by atoms with E-state index in [0.29, 0.717) is 6.54 Å². The Labute approximate surface area is 107 Å². The molecule has 1 aromatic carbocycles. The van der Waals surface area contributed by atoms with Crippen molar-refractivity contribution in [3.05, 3.63) is 30.3 Å². The second-order valence-electron chi connectivity index (χ2n) is 4.79. The van der Waals surface area contributed by atoms with Gasteiger partial charge in [0.2, 0.25) is 5.91 Å². The molecule has 0 aliphatic heterocycles. The molecule has 0 saturated heterocycles. The third-order valence-electron chi connectivity index (χ3n) is 3.29. The smallest absolute Gasteiger partial charge is 0.239 e. The minimum absolute atomic E-state index is 0.0141. The second-order valence-corrected chi connectivity index (χ2v) is 4.79. The van der Waals surface area contributed by atoms with Gasteiger partial charge in [0.05, 0.1) is 12.6 Å². The van der Waals surface area contributed by atoms with E-state index < -0.39 is 0 Å². The van der Waals surface area contributed by atoms with E-state index in [4.69, 9.17) is 0 Å². The molecule has 0 aromatic heterocycles. The standard InChI is InChI=1S/C14H20N2O2/c17-13-8-6-12(7-9-13)16-14(18)10-15-11-4-2-1-3-5-11/h1-5,12-13,15,17H,6-10H2,(H,16,18). The predicted molar refractivity (Wildman–Crippen MR) is 71.3 cm³/mol. The number of aliphatic hydroxyl groups is 1. The van der Waals surface area contributed by atoms with E-state index in [0.717, 1.165) is 31.4 Å². The van der Waals surface area contributed by atoms with Gasteiger partial charge in [-0.2, -0.15) is 0 Å². The monoisotopic (exact) mass is 248 g/mol. The van der Waals surface area contributed by atoms with Crippen LogP contribution in [0.15, 0.2) is 30.3 Å². The fraction of sp³-hybridized carbons (Fsp3) is 0.500. The van der Waals surface area contributed by atoms with Crippen LogP contribution in [0.5, 0.6) is 0 Å². The molecule has 1 aromatic rings. The first-order chi connectivity index (χ1) is 8.74. The summed E-state index contributed by atoms with van der Waals surface area (Å²) in [6.45, 7) is 0.295. The molecule has 0 bridgehead atoms. The number of carbonyl (C=O) groups excluding carboxylic acids is 1. The third kappa shape index (κ3) is 4.04. The lowest BCUT2D eigenvalue weighted by atomic mass is 9.93. The fourth-order valence-electron chi connectivity index (χ4n) is 2.24. The molecule has 1 saturated carbocycles. The number of carbonyl (C=O) groups is 1. The van der Waals surface area contributed by atoms with Gasteiger partial charge in [0.15, 0.2) is 0 Å². The van der Waals surface area contributed by atoms with Gasteiger partial charge in [0, 0.05) is 11.7 Å². The van der Waals surface area contributed by atoms with E-state index in [1.165, 1.54) is 0 Å². The van der Waals surface area contributed by atoms with Gasteiger partial charge < -0.3 is 15.7 Å². The molecule has 18 heavy (non-hydrogen) atoms. The predicted octanol–water partition coefficient (Wildman–Crippen LogP) is 1.52. The lowest BCUT2D eigenvalue weighted by molar-refractivity contribution is -0.120. The number of hydrogen-bond acceptors (Lipinski definition) is 3. The molecule has 3 N–H and O–H groups in total. The molecule has 4 heteroatoms. The van der Waals surface area contributed by atoms with Gasteiger partial charge in [0.1, 0.15) is 0 Å². The molecule has 0 heterocycles. The first kappa shape index (κ1) is 12.9. The van der Waals surface area contributed by atoms with Crippen LogP contribution in [0.25, 0.3) is 0 Å². The normalized spacial score (nSPS) is 23.4. The summed E-state index contributed by atoms with van der Waals surface area (Å²) in [5.74, 6) is 0.0141. The van der Waals surface area contributed by atoms with Gasteiger partial charge in [-0.05, 0) is 37.8 Å². The molecule has 1 amide bonds. The summed E-state index contributed by atoms with van der Waals surface area (Å²) in [4.78, 5) is 11.7. The van der Waals surface area contributed by atoms with E-state index in [2.05, 4.69) is 10.6 Å². The van der Waals surface area contributed by atoms with E-state index in [1.807, 2.05) is 30.3 Å². The van der Waals surface area contributed by atoms with Crippen LogP contribution < -0.4 is 10.6 Å². The van der Waals surface area contributed by atoms with Gasteiger partial charge in [-0.3, -0.25) is 4.79 Å². The molecule has 0 radical (unpaired) electrons. The number of para-hydroxylation sites is 1. The maximum atomic E-state index is 11.7. The Bertz CT molecular complexity index is 373. The van der Waals surface area contributed by atoms with E-state index in [1.54, 1.807) is 0 Å². The summed E-state index contributed by atoms with van der Waals surface area (Å²) in [5.41, 5.74) is 0.951. The van der Waals surface area contributed by atoms with Gasteiger partial charge in [-0.1, -0.05) is 18.2 Å². The van der Waals surface area contributed by atoms with Gasteiger partial charge in [-0.15, -0.1) is 0 Å². The summed E-state index contributed by atoms with van der Waals surface area (Å²) in [7, 11) is 0. The van der Waals surface area contributed by atoms with Gasteiger partial charge in [0.25, 0.3) is 0 Å². The molecule has 98 valence electrons. The average Bonchev–Trinajstić information content (AvgIpc) is 2.40. The summed E-state index contributed by atoms with van der Waals surface area (Å²) >= 11 is 0. The molecule has 0 atom stereocenters. The van der Waals surface area contributed by atoms with Crippen LogP contribution in [-0.4, -0.2) is 29.7 Å². The largest absolute Gasteiger partial charge is 0.393 e. The van der Waals surface area contributed by atoms with Crippen molar-refractivity contribution < 1.29 is 9.90 Å². The number of amides is 1. The molecular formula is C14H20N2O2. The molecular weight excluding hydrogens is 228 g/mol. The van der Waals surface area contributed by atoms with Crippen molar-refractivity contribution in [2.75, 3.05) is 11.9 Å². The average molecular weight is 248 g/mol.